The van der Waals surface area contributed by atoms with Gasteiger partial charge in [0.25, 0.3) is 0 Å². The van der Waals surface area contributed by atoms with Gasteiger partial charge in [-0.25, -0.2) is 4.57 Å². The Morgan fingerprint density at radius 3 is 1.37 bits per heavy atom. The van der Waals surface area contributed by atoms with Crippen LogP contribution in [0, 0.1) is 0 Å². The smallest absolute Gasteiger partial charge is 0.457 e. The van der Waals surface area contributed by atoms with Crippen LogP contribution in [0.2, 0.25) is 0 Å². The molecule has 0 aromatic heterocycles. The van der Waals surface area contributed by atoms with Gasteiger partial charge in [0.15, 0.2) is 6.10 Å². The molecule has 0 saturated carbocycles. The van der Waals surface area contributed by atoms with Crippen LogP contribution in [-0.2, 0) is 37.7 Å². The van der Waals surface area contributed by atoms with E-state index in [4.69, 9.17) is 18.7 Å². The highest BCUT2D eigenvalue weighted by atomic mass is 31.2. The zero-order valence-corrected chi connectivity index (χ0v) is 40.6. The monoisotopic (exact) mass is 922 g/mol. The molecule has 1 rings (SSSR count). The minimum Gasteiger partial charge on any atom is -0.457 e. The molecule has 0 aliphatic carbocycles. The van der Waals surface area contributed by atoms with Crippen LogP contribution in [-0.4, -0.2) is 92.4 Å². The SMILES string of the molecule is CCCCCCCCCCCCCC(=O)O[C@H]1O[C@H](CO)[C@@H](OP(=O)(O)O)[C@H](OC(=O)C[C@H](O)CCCCCCCCCCC)[C@H]1NC(=O)C[C@H](O)CCCCCCCCCCC. The van der Waals surface area contributed by atoms with E-state index in [0.29, 0.717) is 32.1 Å². The number of phosphoric ester groups is 1. The molecule has 0 bridgehead atoms. The van der Waals surface area contributed by atoms with E-state index >= 15 is 0 Å². The Hall–Kier alpha value is -1.64. The van der Waals surface area contributed by atoms with Crippen molar-refractivity contribution < 1.29 is 62.8 Å². The second-order valence-corrected chi connectivity index (χ2v) is 19.3. The van der Waals surface area contributed by atoms with E-state index < -0.39 is 81.5 Å². The van der Waals surface area contributed by atoms with Crippen molar-refractivity contribution in [3.8, 4) is 0 Å². The fraction of sp³-hybridized carbons (Fsp3) is 0.938. The van der Waals surface area contributed by atoms with Crippen LogP contribution in [0.4, 0.5) is 0 Å². The maximum absolute atomic E-state index is 13.5. The molecule has 372 valence electrons. The van der Waals surface area contributed by atoms with Crippen LogP contribution in [0.3, 0.4) is 0 Å². The maximum atomic E-state index is 13.5. The van der Waals surface area contributed by atoms with Crippen molar-refractivity contribution >= 4 is 25.7 Å². The molecular weight excluding hydrogens is 829 g/mol. The fourth-order valence-corrected chi connectivity index (χ4v) is 8.86. The van der Waals surface area contributed by atoms with E-state index in [1.165, 1.54) is 96.3 Å². The van der Waals surface area contributed by atoms with Crippen molar-refractivity contribution in [2.24, 2.45) is 0 Å². The first-order valence-electron chi connectivity index (χ1n) is 25.4. The molecule has 14 nitrogen and oxygen atoms in total. The van der Waals surface area contributed by atoms with Gasteiger partial charge in [0, 0.05) is 6.42 Å². The second kappa shape index (κ2) is 38.5. The van der Waals surface area contributed by atoms with E-state index in [9.17, 15) is 44.1 Å². The van der Waals surface area contributed by atoms with Gasteiger partial charge in [-0.3, -0.25) is 18.9 Å². The molecule has 1 heterocycles. The van der Waals surface area contributed by atoms with E-state index in [1.54, 1.807) is 0 Å². The Morgan fingerprint density at radius 1 is 0.556 bits per heavy atom. The molecule has 7 atom stereocenters. The topological polar surface area (TPSA) is 218 Å². The molecule has 0 radical (unpaired) electrons. The lowest BCUT2D eigenvalue weighted by atomic mass is 9.96. The van der Waals surface area contributed by atoms with E-state index in [-0.39, 0.29) is 12.8 Å². The summed E-state index contributed by atoms with van der Waals surface area (Å²) >= 11 is 0. The average Bonchev–Trinajstić information content (AvgIpc) is 3.23. The fourth-order valence-electron chi connectivity index (χ4n) is 8.29. The molecule has 0 spiro atoms. The van der Waals surface area contributed by atoms with Crippen LogP contribution in [0.1, 0.15) is 239 Å². The number of aliphatic hydroxyl groups is 3. The lowest BCUT2D eigenvalue weighted by molar-refractivity contribution is -0.264. The summed E-state index contributed by atoms with van der Waals surface area (Å²) in [5, 5.41) is 34.5. The molecule has 0 aromatic rings. The van der Waals surface area contributed by atoms with Crippen LogP contribution < -0.4 is 5.32 Å². The number of amides is 1. The standard InChI is InChI=1S/C48H92NO13P/c1-4-7-10-13-16-19-20-23-26-29-32-35-43(54)61-48-45(49-42(53)36-39(51)33-30-27-24-21-17-14-11-8-5-2)47(46(41(38-50)59-48)62-63(56,57)58)60-44(55)37-40(52)34-31-28-25-22-18-15-12-9-6-3/h39-41,45-48,50-52H,4-38H2,1-3H3,(H,49,53)(H2,56,57,58)/t39-,40-,41-,45-,46-,47-,48-/m1/s1. The predicted octanol–water partition coefficient (Wildman–Crippen LogP) is 10.2. The average molecular weight is 922 g/mol. The lowest BCUT2D eigenvalue weighted by Crippen LogP contribution is -2.66. The zero-order valence-electron chi connectivity index (χ0n) is 39.7. The Bertz CT molecular complexity index is 1190. The molecule has 6 N–H and O–H groups in total. The summed E-state index contributed by atoms with van der Waals surface area (Å²) in [4.78, 5) is 59.9. The lowest BCUT2D eigenvalue weighted by Gasteiger charge is -2.44. The van der Waals surface area contributed by atoms with Crippen molar-refractivity contribution in [3.63, 3.8) is 0 Å². The summed E-state index contributed by atoms with van der Waals surface area (Å²) in [6, 6.07) is -1.54. The summed E-state index contributed by atoms with van der Waals surface area (Å²) in [6.45, 7) is 5.70. The van der Waals surface area contributed by atoms with Gasteiger partial charge in [0.05, 0.1) is 31.7 Å². The number of unbranched alkanes of at least 4 members (excludes halogenated alkanes) is 26. The third-order valence-electron chi connectivity index (χ3n) is 12.0. The van der Waals surface area contributed by atoms with Crippen LogP contribution in [0.15, 0.2) is 0 Å². The number of ether oxygens (including phenoxy) is 3. The number of aliphatic hydroxyl groups excluding tert-OH is 3. The number of carbonyl (C=O) groups excluding carboxylic acids is 3. The number of nitrogens with one attached hydrogen (secondary N) is 1. The minimum absolute atomic E-state index is 0.0245. The van der Waals surface area contributed by atoms with Crippen LogP contribution >= 0.6 is 7.82 Å². The van der Waals surface area contributed by atoms with Gasteiger partial charge in [-0.05, 0) is 19.3 Å². The van der Waals surface area contributed by atoms with Gasteiger partial charge in [0.2, 0.25) is 12.2 Å². The quantitative estimate of drug-likeness (QED) is 0.0191. The summed E-state index contributed by atoms with van der Waals surface area (Å²) in [7, 11) is -5.31. The Morgan fingerprint density at radius 2 is 0.952 bits per heavy atom. The molecule has 15 heteroatoms. The second-order valence-electron chi connectivity index (χ2n) is 18.1. The van der Waals surface area contributed by atoms with Gasteiger partial charge < -0.3 is 44.6 Å². The van der Waals surface area contributed by atoms with Gasteiger partial charge in [-0.15, -0.1) is 0 Å². The highest BCUT2D eigenvalue weighted by molar-refractivity contribution is 7.46. The third-order valence-corrected chi connectivity index (χ3v) is 12.5. The number of hydrogen-bond donors (Lipinski definition) is 6. The molecule has 1 aliphatic rings. The largest absolute Gasteiger partial charge is 0.470 e. The number of hydrogen-bond acceptors (Lipinski definition) is 11. The van der Waals surface area contributed by atoms with Crippen molar-refractivity contribution in [1.29, 1.82) is 0 Å². The molecule has 1 fully saturated rings. The number of esters is 2. The Balaban J connectivity index is 3.03. The predicted molar refractivity (Wildman–Crippen MR) is 247 cm³/mol. The maximum Gasteiger partial charge on any atom is 0.470 e. The normalized spacial score (nSPS) is 20.0. The summed E-state index contributed by atoms with van der Waals surface area (Å²) in [5.74, 6) is -2.33. The summed E-state index contributed by atoms with van der Waals surface area (Å²) < 4.78 is 34.6. The van der Waals surface area contributed by atoms with Crippen molar-refractivity contribution in [2.45, 2.75) is 282 Å². The first-order chi connectivity index (χ1) is 30.3. The van der Waals surface area contributed by atoms with E-state index in [1.807, 2.05) is 0 Å². The van der Waals surface area contributed by atoms with Gasteiger partial charge in [-0.1, -0.05) is 201 Å². The van der Waals surface area contributed by atoms with Crippen LogP contribution in [0.25, 0.3) is 0 Å². The first-order valence-corrected chi connectivity index (χ1v) is 26.9. The Kier molecular flexibility index (Phi) is 36.3. The minimum atomic E-state index is -5.31. The van der Waals surface area contributed by atoms with E-state index in [2.05, 4.69) is 26.1 Å². The third kappa shape index (κ3) is 31.8. The van der Waals surface area contributed by atoms with Crippen molar-refractivity contribution in [2.75, 3.05) is 6.61 Å². The number of rotatable bonds is 42. The molecule has 63 heavy (non-hydrogen) atoms. The molecule has 1 saturated heterocycles. The van der Waals surface area contributed by atoms with E-state index in [0.717, 1.165) is 70.6 Å². The summed E-state index contributed by atoms with van der Waals surface area (Å²) in [6.07, 6.45) is 22.6. The van der Waals surface area contributed by atoms with Crippen molar-refractivity contribution in [3.05, 3.63) is 0 Å². The van der Waals surface area contributed by atoms with Gasteiger partial charge in [0.1, 0.15) is 18.2 Å². The molecule has 0 aromatic carbocycles. The molecule has 1 aliphatic heterocycles. The number of carbonyl (C=O) groups is 3. The van der Waals surface area contributed by atoms with Gasteiger partial charge >= 0.3 is 19.8 Å². The highest BCUT2D eigenvalue weighted by Gasteiger charge is 2.53. The molecular formula is C48H92NO13P. The highest BCUT2D eigenvalue weighted by Crippen LogP contribution is 2.42. The first kappa shape index (κ1) is 59.4. The number of phosphoric acid groups is 1. The van der Waals surface area contributed by atoms with Crippen LogP contribution in [0.5, 0.6) is 0 Å². The van der Waals surface area contributed by atoms with Gasteiger partial charge in [-0.2, -0.15) is 0 Å². The molecule has 0 unspecified atom stereocenters. The zero-order chi connectivity index (χ0) is 46.6. The van der Waals surface area contributed by atoms with Crippen molar-refractivity contribution in [1.82, 2.24) is 5.32 Å². The summed E-state index contributed by atoms with van der Waals surface area (Å²) in [5.41, 5.74) is 0. The Labute approximate surface area is 381 Å². The molecule has 1 amide bonds.